The Hall–Kier alpha value is -2.93. The molecule has 1 aliphatic heterocycles. The zero-order chi connectivity index (χ0) is 19.3. The van der Waals surface area contributed by atoms with E-state index in [0.29, 0.717) is 10.7 Å². The summed E-state index contributed by atoms with van der Waals surface area (Å²) in [5.74, 6) is 0.609. The molecule has 1 saturated heterocycles. The van der Waals surface area contributed by atoms with Gasteiger partial charge in [0, 0.05) is 29.9 Å². The first-order valence-electron chi connectivity index (χ1n) is 9.37. The normalized spacial score (nSPS) is 14.0. The van der Waals surface area contributed by atoms with Gasteiger partial charge in [-0.2, -0.15) is 0 Å². The summed E-state index contributed by atoms with van der Waals surface area (Å²) < 4.78 is 5.17. The van der Waals surface area contributed by atoms with Crippen LogP contribution >= 0.6 is 11.3 Å². The van der Waals surface area contributed by atoms with E-state index in [4.69, 9.17) is 4.74 Å². The van der Waals surface area contributed by atoms with Crippen molar-refractivity contribution in [3.8, 4) is 16.3 Å². The third kappa shape index (κ3) is 4.14. The summed E-state index contributed by atoms with van der Waals surface area (Å²) in [5, 5.41) is 12.3. The molecule has 0 saturated carbocycles. The van der Waals surface area contributed by atoms with Crippen molar-refractivity contribution in [1.82, 2.24) is 10.2 Å². The largest absolute Gasteiger partial charge is 0.497 e. The number of carbonyl (C=O) groups is 1. The van der Waals surface area contributed by atoms with Gasteiger partial charge in [-0.05, 0) is 67.8 Å². The van der Waals surface area contributed by atoms with Gasteiger partial charge in [-0.1, -0.05) is 11.3 Å². The average Bonchev–Trinajstić information content (AvgIpc) is 3.23. The van der Waals surface area contributed by atoms with E-state index in [-0.39, 0.29) is 5.91 Å². The number of ether oxygens (including phenoxy) is 1. The molecule has 0 spiro atoms. The molecule has 0 atom stereocenters. The summed E-state index contributed by atoms with van der Waals surface area (Å²) in [6, 6.07) is 15.4. The lowest BCUT2D eigenvalue weighted by Crippen LogP contribution is -2.29. The van der Waals surface area contributed by atoms with Crippen LogP contribution < -0.4 is 15.0 Å². The van der Waals surface area contributed by atoms with Gasteiger partial charge in [0.05, 0.1) is 7.11 Å². The zero-order valence-corrected chi connectivity index (χ0v) is 16.5. The van der Waals surface area contributed by atoms with Crippen molar-refractivity contribution in [2.45, 2.75) is 19.3 Å². The molecule has 28 heavy (non-hydrogen) atoms. The van der Waals surface area contributed by atoms with Crippen molar-refractivity contribution in [3.05, 3.63) is 54.1 Å². The predicted molar refractivity (Wildman–Crippen MR) is 112 cm³/mol. The van der Waals surface area contributed by atoms with Crippen LogP contribution in [0.2, 0.25) is 0 Å². The minimum Gasteiger partial charge on any atom is -0.497 e. The Morgan fingerprint density at radius 3 is 2.39 bits per heavy atom. The maximum absolute atomic E-state index is 12.5. The number of nitrogens with zero attached hydrogens (tertiary/aromatic N) is 3. The molecule has 7 heteroatoms. The SMILES string of the molecule is COc1ccc(-c2nnc(NC(=O)c3ccc(N4CCCCC4)cc3)s2)cc1. The molecular formula is C21H22N4O2S. The molecule has 144 valence electrons. The number of piperidine rings is 1. The van der Waals surface area contributed by atoms with Crippen LogP contribution in [0.25, 0.3) is 10.6 Å². The zero-order valence-electron chi connectivity index (χ0n) is 15.7. The molecule has 2 aromatic carbocycles. The van der Waals surface area contributed by atoms with E-state index in [2.05, 4.69) is 20.4 Å². The summed E-state index contributed by atoms with van der Waals surface area (Å²) in [5.41, 5.74) is 2.72. The third-order valence-electron chi connectivity index (χ3n) is 4.83. The van der Waals surface area contributed by atoms with E-state index in [1.807, 2.05) is 48.5 Å². The highest BCUT2D eigenvalue weighted by Gasteiger charge is 2.14. The molecule has 2 heterocycles. The Balaban J connectivity index is 1.41. The van der Waals surface area contributed by atoms with Gasteiger partial charge in [0.15, 0.2) is 0 Å². The summed E-state index contributed by atoms with van der Waals surface area (Å²) in [4.78, 5) is 14.9. The van der Waals surface area contributed by atoms with Crippen LogP contribution in [0.3, 0.4) is 0 Å². The number of benzene rings is 2. The summed E-state index contributed by atoms with van der Waals surface area (Å²) >= 11 is 1.35. The minimum atomic E-state index is -0.178. The molecule has 1 aromatic heterocycles. The van der Waals surface area contributed by atoms with Crippen LogP contribution in [0.5, 0.6) is 5.75 Å². The highest BCUT2D eigenvalue weighted by atomic mass is 32.1. The summed E-state index contributed by atoms with van der Waals surface area (Å²) in [7, 11) is 1.63. The van der Waals surface area contributed by atoms with Crippen molar-refractivity contribution in [1.29, 1.82) is 0 Å². The molecule has 3 aromatic rings. The van der Waals surface area contributed by atoms with E-state index >= 15 is 0 Å². The first-order valence-corrected chi connectivity index (χ1v) is 10.2. The predicted octanol–water partition coefficient (Wildman–Crippen LogP) is 4.46. The fourth-order valence-corrected chi connectivity index (χ4v) is 4.01. The standard InChI is InChI=1S/C21H22N4O2S/c1-27-18-11-7-16(8-12-18)20-23-24-21(28-20)22-19(26)15-5-9-17(10-6-15)25-13-3-2-4-14-25/h5-12H,2-4,13-14H2,1H3,(H,22,24,26). The number of amides is 1. The van der Waals surface area contributed by atoms with Crippen LogP contribution in [0.15, 0.2) is 48.5 Å². The summed E-state index contributed by atoms with van der Waals surface area (Å²) in [6.07, 6.45) is 3.77. The van der Waals surface area contributed by atoms with Gasteiger partial charge in [0.1, 0.15) is 10.8 Å². The monoisotopic (exact) mass is 394 g/mol. The van der Waals surface area contributed by atoms with E-state index < -0.39 is 0 Å². The van der Waals surface area contributed by atoms with Crippen molar-refractivity contribution in [2.75, 3.05) is 30.4 Å². The number of nitrogens with one attached hydrogen (secondary N) is 1. The number of carbonyl (C=O) groups excluding carboxylic acids is 1. The Morgan fingerprint density at radius 2 is 1.71 bits per heavy atom. The van der Waals surface area contributed by atoms with Gasteiger partial charge in [0.25, 0.3) is 5.91 Å². The average molecular weight is 395 g/mol. The minimum absolute atomic E-state index is 0.178. The molecule has 1 fully saturated rings. The van der Waals surface area contributed by atoms with Crippen molar-refractivity contribution in [3.63, 3.8) is 0 Å². The van der Waals surface area contributed by atoms with Gasteiger partial charge in [0.2, 0.25) is 5.13 Å². The van der Waals surface area contributed by atoms with Gasteiger partial charge in [-0.3, -0.25) is 10.1 Å². The Morgan fingerprint density at radius 1 is 1.00 bits per heavy atom. The molecule has 1 amide bonds. The lowest BCUT2D eigenvalue weighted by Gasteiger charge is -2.28. The van der Waals surface area contributed by atoms with Crippen molar-refractivity contribution >= 4 is 28.1 Å². The first kappa shape index (κ1) is 18.4. The quantitative estimate of drug-likeness (QED) is 0.692. The molecule has 1 N–H and O–H groups in total. The molecule has 0 aliphatic carbocycles. The summed E-state index contributed by atoms with van der Waals surface area (Å²) in [6.45, 7) is 2.18. The Kier molecular flexibility index (Phi) is 5.53. The van der Waals surface area contributed by atoms with Crippen LogP contribution in [0.4, 0.5) is 10.8 Å². The van der Waals surface area contributed by atoms with Gasteiger partial charge in [-0.15, -0.1) is 10.2 Å². The maximum atomic E-state index is 12.5. The van der Waals surface area contributed by atoms with Gasteiger partial charge >= 0.3 is 0 Å². The third-order valence-corrected chi connectivity index (χ3v) is 5.72. The van der Waals surface area contributed by atoms with Crippen LogP contribution in [-0.2, 0) is 0 Å². The second kappa shape index (κ2) is 8.39. The van der Waals surface area contributed by atoms with Crippen molar-refractivity contribution < 1.29 is 9.53 Å². The second-order valence-corrected chi connectivity index (χ2v) is 7.67. The van der Waals surface area contributed by atoms with E-state index in [1.165, 1.54) is 36.3 Å². The molecule has 6 nitrogen and oxygen atoms in total. The highest BCUT2D eigenvalue weighted by molar-refractivity contribution is 7.18. The van der Waals surface area contributed by atoms with E-state index in [1.54, 1.807) is 7.11 Å². The van der Waals surface area contributed by atoms with E-state index in [9.17, 15) is 4.79 Å². The van der Waals surface area contributed by atoms with Crippen LogP contribution in [0.1, 0.15) is 29.6 Å². The fraction of sp³-hybridized carbons (Fsp3) is 0.286. The Bertz CT molecular complexity index is 932. The molecule has 4 rings (SSSR count). The first-order chi connectivity index (χ1) is 13.7. The number of aromatic nitrogens is 2. The second-order valence-electron chi connectivity index (χ2n) is 6.69. The van der Waals surface area contributed by atoms with Crippen LogP contribution in [-0.4, -0.2) is 36.3 Å². The number of hydrogen-bond acceptors (Lipinski definition) is 6. The Labute approximate surface area is 168 Å². The van der Waals surface area contributed by atoms with Gasteiger partial charge < -0.3 is 9.64 Å². The number of rotatable bonds is 5. The highest BCUT2D eigenvalue weighted by Crippen LogP contribution is 2.28. The van der Waals surface area contributed by atoms with Crippen LogP contribution in [0, 0.1) is 0 Å². The van der Waals surface area contributed by atoms with Gasteiger partial charge in [-0.25, -0.2) is 0 Å². The number of hydrogen-bond donors (Lipinski definition) is 1. The van der Waals surface area contributed by atoms with E-state index in [0.717, 1.165) is 29.4 Å². The fourth-order valence-electron chi connectivity index (χ4n) is 3.27. The molecule has 0 unspecified atom stereocenters. The molecular weight excluding hydrogens is 372 g/mol. The molecule has 0 bridgehead atoms. The number of methoxy groups -OCH3 is 1. The topological polar surface area (TPSA) is 67.4 Å². The smallest absolute Gasteiger partial charge is 0.257 e. The lowest BCUT2D eigenvalue weighted by atomic mass is 10.1. The van der Waals surface area contributed by atoms with Crippen molar-refractivity contribution in [2.24, 2.45) is 0 Å². The number of anilines is 2. The lowest BCUT2D eigenvalue weighted by molar-refractivity contribution is 0.102. The maximum Gasteiger partial charge on any atom is 0.257 e. The molecule has 0 radical (unpaired) electrons. The molecule has 1 aliphatic rings.